The zero-order valence-electron chi connectivity index (χ0n) is 63.6. The summed E-state index contributed by atoms with van der Waals surface area (Å²) < 4.78 is 52.0. The number of amides is 10. The summed E-state index contributed by atoms with van der Waals surface area (Å²) >= 11 is 0. The maximum absolute atomic E-state index is 13.8. The van der Waals surface area contributed by atoms with E-state index in [4.69, 9.17) is 42.6 Å². The van der Waals surface area contributed by atoms with Gasteiger partial charge in [-0.25, -0.2) is 0 Å². The summed E-state index contributed by atoms with van der Waals surface area (Å²) in [5, 5.41) is 118. The van der Waals surface area contributed by atoms with E-state index < -0.39 is 135 Å². The maximum Gasteiger partial charge on any atom is 0.222 e. The molecule has 3 aliphatic heterocycles. The van der Waals surface area contributed by atoms with Crippen molar-refractivity contribution in [1.29, 1.82) is 0 Å². The Labute approximate surface area is 631 Å². The Morgan fingerprint density at radius 1 is 0.333 bits per heavy atom. The van der Waals surface area contributed by atoms with Gasteiger partial charge in [-0.15, -0.1) is 0 Å². The quantitative estimate of drug-likeness (QED) is 0.0253. The summed E-state index contributed by atoms with van der Waals surface area (Å²) in [7, 11) is 0. The Balaban J connectivity index is 1.51. The monoisotopic (exact) mass is 1550 g/mol. The lowest BCUT2D eigenvalue weighted by atomic mass is 9.89. The van der Waals surface area contributed by atoms with Crippen LogP contribution in [0.2, 0.25) is 0 Å². The van der Waals surface area contributed by atoms with Gasteiger partial charge in [0.25, 0.3) is 0 Å². The van der Waals surface area contributed by atoms with Crippen LogP contribution in [-0.2, 0) is 90.6 Å². The third kappa shape index (κ3) is 39.7. The van der Waals surface area contributed by atoms with Gasteiger partial charge >= 0.3 is 0 Å². The van der Waals surface area contributed by atoms with Crippen LogP contribution in [-0.4, -0.2) is 321 Å². The van der Waals surface area contributed by atoms with Gasteiger partial charge < -0.3 is 142 Å². The highest BCUT2D eigenvalue weighted by molar-refractivity contribution is 5.79. The molecule has 0 aromatic carbocycles. The SMILES string of the molecule is CC(=O)NC1C(OCCCCC(=O)NCCCNC(=O)CCOCC(COCCC(=O)NCCCNC(=O)CCCCOC2OC(CO)C(O)C(O)C2NC(C)=O)(COCCC(=O)NCCCNC(=O)CCCCOC2OC(CO)C(O)C(O)C2NC(C)=O)NC(=O)CCCCC(C)(C)C)OC(CO)C(O)C1O. The molecule has 3 heterocycles. The molecule has 10 amide bonds. The van der Waals surface area contributed by atoms with E-state index in [0.717, 1.165) is 12.8 Å². The molecule has 15 atom stereocenters. The molecule has 0 bridgehead atoms. The Hall–Kier alpha value is -6.02. The van der Waals surface area contributed by atoms with Gasteiger partial charge in [0.05, 0.1) is 59.5 Å². The van der Waals surface area contributed by atoms with E-state index in [-0.39, 0.29) is 190 Å². The Kier molecular flexibility index (Phi) is 47.9. The lowest BCUT2D eigenvalue weighted by molar-refractivity contribution is -0.270. The molecule has 3 aliphatic rings. The molecule has 3 fully saturated rings. The largest absolute Gasteiger partial charge is 0.394 e. The van der Waals surface area contributed by atoms with Crippen molar-refractivity contribution in [2.75, 3.05) is 119 Å². The summed E-state index contributed by atoms with van der Waals surface area (Å²) in [6.07, 6.45) is -9.40. The summed E-state index contributed by atoms with van der Waals surface area (Å²) in [5.41, 5.74) is -1.35. The lowest BCUT2D eigenvalue weighted by Crippen LogP contribution is -2.64. The molecule has 38 nitrogen and oxygen atoms in total. The number of carbonyl (C=O) groups excluding carboxylic acids is 10. The fourth-order valence-electron chi connectivity index (χ4n) is 11.6. The Morgan fingerprint density at radius 3 is 0.852 bits per heavy atom. The lowest BCUT2D eigenvalue weighted by Gasteiger charge is -2.42. The normalized spacial score (nSPS) is 24.8. The molecule has 624 valence electrons. The topological polar surface area (TPSA) is 556 Å². The van der Waals surface area contributed by atoms with Crippen molar-refractivity contribution in [2.24, 2.45) is 5.41 Å². The Bertz CT molecular complexity index is 2410. The summed E-state index contributed by atoms with van der Waals surface area (Å²) in [5.74, 6) is -3.61. The molecule has 0 aliphatic carbocycles. The zero-order valence-corrected chi connectivity index (χ0v) is 63.6. The molecule has 0 radical (unpaired) electrons. The first-order valence-corrected chi connectivity index (χ1v) is 37.6. The van der Waals surface area contributed by atoms with Gasteiger partial charge in [-0.2, -0.15) is 0 Å². The van der Waals surface area contributed by atoms with Gasteiger partial charge in [0.15, 0.2) is 18.9 Å². The number of carbonyl (C=O) groups is 10. The average molecular weight is 1560 g/mol. The van der Waals surface area contributed by atoms with Crippen molar-refractivity contribution in [3.05, 3.63) is 0 Å². The van der Waals surface area contributed by atoms with Gasteiger partial charge in [0.1, 0.15) is 78.6 Å². The van der Waals surface area contributed by atoms with E-state index in [0.29, 0.717) is 64.2 Å². The molecule has 0 spiro atoms. The highest BCUT2D eigenvalue weighted by atomic mass is 16.7. The number of aliphatic hydroxyl groups excluding tert-OH is 9. The summed E-state index contributed by atoms with van der Waals surface area (Å²) in [4.78, 5) is 126. The van der Waals surface area contributed by atoms with Crippen molar-refractivity contribution in [1.82, 2.24) is 53.2 Å². The first-order valence-electron chi connectivity index (χ1n) is 37.6. The van der Waals surface area contributed by atoms with Crippen LogP contribution in [0.25, 0.3) is 0 Å². The van der Waals surface area contributed by atoms with Crippen molar-refractivity contribution in [3.8, 4) is 0 Å². The average Bonchev–Trinajstić information content (AvgIpc) is 0.820. The van der Waals surface area contributed by atoms with Gasteiger partial charge in [0, 0.05) is 125 Å². The fourth-order valence-corrected chi connectivity index (χ4v) is 11.6. The van der Waals surface area contributed by atoms with Crippen LogP contribution < -0.4 is 53.2 Å². The van der Waals surface area contributed by atoms with Crippen molar-refractivity contribution in [3.63, 3.8) is 0 Å². The first-order chi connectivity index (χ1) is 51.4. The minimum absolute atomic E-state index is 0.0345. The molecule has 19 N–H and O–H groups in total. The number of hydrogen-bond acceptors (Lipinski definition) is 28. The van der Waals surface area contributed by atoms with Crippen molar-refractivity contribution >= 4 is 59.1 Å². The highest BCUT2D eigenvalue weighted by Crippen LogP contribution is 2.27. The highest BCUT2D eigenvalue weighted by Gasteiger charge is 2.48. The fraction of sp³-hybridized carbons (Fsp3) is 0.857. The molecule has 38 heteroatoms. The predicted octanol–water partition coefficient (Wildman–Crippen LogP) is -5.07. The van der Waals surface area contributed by atoms with Crippen LogP contribution in [0, 0.1) is 5.41 Å². The number of aliphatic hydroxyl groups is 9. The van der Waals surface area contributed by atoms with Gasteiger partial charge in [0.2, 0.25) is 59.1 Å². The molecule has 15 unspecified atom stereocenters. The van der Waals surface area contributed by atoms with Crippen LogP contribution >= 0.6 is 0 Å². The van der Waals surface area contributed by atoms with Gasteiger partial charge in [-0.05, 0) is 76.0 Å². The number of hydrogen-bond donors (Lipinski definition) is 19. The minimum atomic E-state index is -1.45. The van der Waals surface area contributed by atoms with E-state index in [1.54, 1.807) is 0 Å². The van der Waals surface area contributed by atoms with Crippen LogP contribution in [0.15, 0.2) is 0 Å². The molecule has 0 saturated carbocycles. The van der Waals surface area contributed by atoms with E-state index >= 15 is 0 Å². The molecule has 108 heavy (non-hydrogen) atoms. The van der Waals surface area contributed by atoms with E-state index in [1.807, 2.05) is 0 Å². The van der Waals surface area contributed by atoms with Crippen LogP contribution in [0.3, 0.4) is 0 Å². The molecular weight excluding hydrogens is 1430 g/mol. The molecule has 3 saturated heterocycles. The molecule has 0 aromatic heterocycles. The Morgan fingerprint density at radius 2 is 0.593 bits per heavy atom. The van der Waals surface area contributed by atoms with E-state index in [2.05, 4.69) is 73.9 Å². The van der Waals surface area contributed by atoms with Gasteiger partial charge in [-0.3, -0.25) is 47.9 Å². The number of rotatable bonds is 56. The second-order valence-corrected chi connectivity index (χ2v) is 28.4. The first kappa shape index (κ1) is 96.2. The molecule has 3 rings (SSSR count). The van der Waals surface area contributed by atoms with Crippen LogP contribution in [0.5, 0.6) is 0 Å². The molecular formula is C70H126N10O28. The predicted molar refractivity (Wildman–Crippen MR) is 383 cm³/mol. The maximum atomic E-state index is 13.8. The number of nitrogens with one attached hydrogen (secondary N) is 10. The summed E-state index contributed by atoms with van der Waals surface area (Å²) in [6, 6.07) is -3.26. The zero-order chi connectivity index (χ0) is 80.0. The van der Waals surface area contributed by atoms with E-state index in [1.165, 1.54) is 20.8 Å². The second kappa shape index (κ2) is 53.8. The molecule has 0 aromatic rings. The third-order valence-corrected chi connectivity index (χ3v) is 17.5. The second-order valence-electron chi connectivity index (χ2n) is 28.4. The summed E-state index contributed by atoms with van der Waals surface area (Å²) in [6.45, 7) is 8.95. The van der Waals surface area contributed by atoms with Crippen molar-refractivity contribution < 1.29 is 137 Å². The smallest absolute Gasteiger partial charge is 0.222 e. The number of ether oxygens (including phenoxy) is 9. The van der Waals surface area contributed by atoms with Gasteiger partial charge in [-0.1, -0.05) is 27.2 Å². The minimum Gasteiger partial charge on any atom is -0.394 e. The van der Waals surface area contributed by atoms with E-state index in [9.17, 15) is 93.9 Å². The van der Waals surface area contributed by atoms with Crippen molar-refractivity contribution in [2.45, 2.75) is 261 Å². The third-order valence-electron chi connectivity index (χ3n) is 17.5. The number of unbranched alkanes of at least 4 members (excludes halogenated alkanes) is 4. The van der Waals surface area contributed by atoms with Crippen LogP contribution in [0.4, 0.5) is 0 Å². The van der Waals surface area contributed by atoms with Crippen LogP contribution in [0.1, 0.15) is 164 Å². The standard InChI is InChI=1S/C70H126N10O28/c1-44(84)77-57-63(97)60(94)47(38-81)106-66(57)103-32-12-8-18-50(87)71-26-15-29-74-53(90)22-35-100-41-70(80-56(93)21-7-11-25-69(4,5)6,42-101-36-23-54(91)75-30-16-27-72-51(88)19-9-13-33-104-67-58(78-45(2)85)64(98)61(95)48(39-82)107-67)43-102-37-24-55(92)76-31-17-28-73-52(89)20-10-14-34-105-68-59(79-46(3)86)65(99)62(96)49(40-83)108-68/h47-49,57-68,81-83,94-99H,7-43H2,1-6H3,(H,71,87)(H,72,88)(H,73,89)(H,74,90)(H,75,91)(H,76,92)(H,77,84)(H,78,85)(H,79,86)(H,80,93).